The molecule has 1 heterocycles. The van der Waals surface area contributed by atoms with E-state index in [2.05, 4.69) is 29.8 Å². The third-order valence-corrected chi connectivity index (χ3v) is 5.46. The molecule has 4 heteroatoms. The van der Waals surface area contributed by atoms with Crippen molar-refractivity contribution in [3.05, 3.63) is 11.6 Å². The van der Waals surface area contributed by atoms with Gasteiger partial charge in [0.1, 0.15) is 6.10 Å². The molecule has 1 aliphatic heterocycles. The van der Waals surface area contributed by atoms with E-state index in [1.807, 2.05) is 0 Å². The molecular formula is C10H12BrClO2. The Morgan fingerprint density at radius 3 is 2.93 bits per heavy atom. The number of fused-ring (bicyclic) bond motifs is 1. The minimum absolute atomic E-state index is 0.0438. The summed E-state index contributed by atoms with van der Waals surface area (Å²) in [5.74, 6) is -0.256. The fourth-order valence-electron chi connectivity index (χ4n) is 1.97. The summed E-state index contributed by atoms with van der Waals surface area (Å²) in [6, 6.07) is 0. The van der Waals surface area contributed by atoms with Crippen LogP contribution in [-0.4, -0.2) is 22.3 Å². The van der Waals surface area contributed by atoms with E-state index >= 15 is 0 Å². The molecule has 0 amide bonds. The van der Waals surface area contributed by atoms with Crippen LogP contribution in [0.15, 0.2) is 11.6 Å². The number of halogens is 2. The average Bonchev–Trinajstić information content (AvgIpc) is 2.43. The van der Waals surface area contributed by atoms with Crippen molar-refractivity contribution < 1.29 is 9.53 Å². The number of carbonyl (C=O) groups is 1. The normalized spacial score (nSPS) is 40.1. The highest BCUT2D eigenvalue weighted by Crippen LogP contribution is 2.48. The predicted octanol–water partition coefficient (Wildman–Crippen LogP) is 2.64. The SMILES string of the molecule is CC1(C)[C@@H](Br)C[C@H]2OC(=O)C=C2[C@@H]1Cl. The highest BCUT2D eigenvalue weighted by molar-refractivity contribution is 9.09. The van der Waals surface area contributed by atoms with Crippen LogP contribution in [0.25, 0.3) is 0 Å². The summed E-state index contributed by atoms with van der Waals surface area (Å²) >= 11 is 9.94. The molecule has 0 aromatic carbocycles. The molecule has 0 radical (unpaired) electrons. The lowest BCUT2D eigenvalue weighted by molar-refractivity contribution is -0.139. The van der Waals surface area contributed by atoms with E-state index in [9.17, 15) is 4.79 Å². The minimum Gasteiger partial charge on any atom is -0.455 e. The van der Waals surface area contributed by atoms with E-state index in [1.54, 1.807) is 6.08 Å². The number of carbonyl (C=O) groups excluding carboxylic acids is 1. The van der Waals surface area contributed by atoms with Gasteiger partial charge >= 0.3 is 5.97 Å². The Hall–Kier alpha value is -0.0200. The van der Waals surface area contributed by atoms with E-state index in [0.29, 0.717) is 0 Å². The number of alkyl halides is 2. The van der Waals surface area contributed by atoms with Gasteiger partial charge in [0.2, 0.25) is 0 Å². The van der Waals surface area contributed by atoms with Crippen LogP contribution in [0.1, 0.15) is 20.3 Å². The Morgan fingerprint density at radius 1 is 1.64 bits per heavy atom. The lowest BCUT2D eigenvalue weighted by Gasteiger charge is -2.42. The van der Waals surface area contributed by atoms with Gasteiger partial charge in [-0.15, -0.1) is 11.6 Å². The first-order valence-corrected chi connectivity index (χ1v) is 5.98. The topological polar surface area (TPSA) is 26.3 Å². The Labute approximate surface area is 96.8 Å². The van der Waals surface area contributed by atoms with Crippen molar-refractivity contribution in [2.45, 2.75) is 36.6 Å². The maximum Gasteiger partial charge on any atom is 0.331 e. The summed E-state index contributed by atoms with van der Waals surface area (Å²) < 4.78 is 5.15. The molecule has 0 unspecified atom stereocenters. The minimum atomic E-state index is -0.256. The van der Waals surface area contributed by atoms with Crippen molar-refractivity contribution in [3.63, 3.8) is 0 Å². The molecule has 1 fully saturated rings. The van der Waals surface area contributed by atoms with Crippen LogP contribution < -0.4 is 0 Å². The lowest BCUT2D eigenvalue weighted by Crippen LogP contribution is -2.44. The monoisotopic (exact) mass is 278 g/mol. The third-order valence-electron chi connectivity index (χ3n) is 3.09. The molecule has 0 aromatic rings. The van der Waals surface area contributed by atoms with E-state index < -0.39 is 0 Å². The standard InChI is InChI=1S/C10H12BrClO2/c1-10(2)7(11)4-6-5(9(10)12)3-8(13)14-6/h3,6-7,9H,4H2,1-2H3/t6-,7+,9+/m1/s1. The van der Waals surface area contributed by atoms with Gasteiger partial charge in [0.25, 0.3) is 0 Å². The number of rotatable bonds is 0. The molecule has 0 aromatic heterocycles. The highest BCUT2D eigenvalue weighted by atomic mass is 79.9. The van der Waals surface area contributed by atoms with Gasteiger partial charge in [-0.25, -0.2) is 4.79 Å². The van der Waals surface area contributed by atoms with E-state index in [0.717, 1.165) is 12.0 Å². The molecule has 1 saturated carbocycles. The summed E-state index contributed by atoms with van der Waals surface area (Å²) in [7, 11) is 0. The fraction of sp³-hybridized carbons (Fsp3) is 0.700. The zero-order chi connectivity index (χ0) is 10.5. The first kappa shape index (κ1) is 10.5. The number of hydrogen-bond acceptors (Lipinski definition) is 2. The van der Waals surface area contributed by atoms with Crippen molar-refractivity contribution >= 4 is 33.5 Å². The lowest BCUT2D eigenvalue weighted by atomic mass is 9.73. The van der Waals surface area contributed by atoms with Gasteiger partial charge in [-0.05, 0) is 11.0 Å². The van der Waals surface area contributed by atoms with Gasteiger partial charge in [-0.1, -0.05) is 29.8 Å². The molecule has 1 aliphatic carbocycles. The zero-order valence-corrected chi connectivity index (χ0v) is 10.4. The summed E-state index contributed by atoms with van der Waals surface area (Å²) in [4.78, 5) is 11.4. The molecule has 14 heavy (non-hydrogen) atoms. The van der Waals surface area contributed by atoms with E-state index in [1.165, 1.54) is 0 Å². The smallest absolute Gasteiger partial charge is 0.331 e. The van der Waals surface area contributed by atoms with Crippen molar-refractivity contribution in [2.75, 3.05) is 0 Å². The summed E-state index contributed by atoms with van der Waals surface area (Å²) in [5.41, 5.74) is 0.898. The maximum atomic E-state index is 11.1. The van der Waals surface area contributed by atoms with Gasteiger partial charge in [0.15, 0.2) is 0 Å². The Balaban J connectivity index is 2.33. The van der Waals surface area contributed by atoms with Gasteiger partial charge in [0, 0.05) is 17.3 Å². The first-order valence-electron chi connectivity index (χ1n) is 4.63. The fourth-order valence-corrected chi connectivity index (χ4v) is 3.08. The molecule has 0 saturated heterocycles. The van der Waals surface area contributed by atoms with Gasteiger partial charge < -0.3 is 4.74 Å². The molecule has 2 nitrogen and oxygen atoms in total. The second-order valence-electron chi connectivity index (χ2n) is 4.46. The maximum absolute atomic E-state index is 11.1. The molecule has 78 valence electrons. The van der Waals surface area contributed by atoms with Gasteiger partial charge in [-0.3, -0.25) is 0 Å². The Bertz CT molecular complexity index is 311. The molecule has 0 bridgehead atoms. The first-order chi connectivity index (χ1) is 6.43. The summed E-state index contributed by atoms with van der Waals surface area (Å²) in [6.45, 7) is 4.20. The second-order valence-corrected chi connectivity index (χ2v) is 6.00. The van der Waals surface area contributed by atoms with Crippen molar-refractivity contribution in [1.29, 1.82) is 0 Å². The predicted molar refractivity (Wildman–Crippen MR) is 58.7 cm³/mol. The summed E-state index contributed by atoms with van der Waals surface area (Å²) in [6.07, 6.45) is 2.25. The number of ether oxygens (including phenoxy) is 1. The van der Waals surface area contributed by atoms with E-state index in [4.69, 9.17) is 16.3 Å². The molecular weight excluding hydrogens is 267 g/mol. The molecule has 0 N–H and O–H groups in total. The molecule has 3 atom stereocenters. The Kier molecular flexibility index (Phi) is 2.43. The van der Waals surface area contributed by atoms with Crippen LogP contribution in [-0.2, 0) is 9.53 Å². The number of esters is 1. The van der Waals surface area contributed by atoms with Crippen LogP contribution >= 0.6 is 27.5 Å². The van der Waals surface area contributed by atoms with E-state index in [-0.39, 0.29) is 27.7 Å². The molecule has 0 spiro atoms. The van der Waals surface area contributed by atoms with Crippen molar-refractivity contribution in [1.82, 2.24) is 0 Å². The quantitative estimate of drug-likeness (QED) is 0.503. The zero-order valence-electron chi connectivity index (χ0n) is 8.09. The molecule has 2 aliphatic rings. The number of hydrogen-bond donors (Lipinski definition) is 0. The average molecular weight is 280 g/mol. The third kappa shape index (κ3) is 1.41. The van der Waals surface area contributed by atoms with Crippen LogP contribution in [0, 0.1) is 5.41 Å². The van der Waals surface area contributed by atoms with Crippen LogP contribution in [0.4, 0.5) is 0 Å². The summed E-state index contributed by atoms with van der Waals surface area (Å²) in [5, 5.41) is -0.128. The van der Waals surface area contributed by atoms with Crippen molar-refractivity contribution in [2.24, 2.45) is 5.41 Å². The van der Waals surface area contributed by atoms with Crippen LogP contribution in [0.3, 0.4) is 0 Å². The van der Waals surface area contributed by atoms with Crippen LogP contribution in [0.5, 0.6) is 0 Å². The largest absolute Gasteiger partial charge is 0.455 e. The van der Waals surface area contributed by atoms with Gasteiger partial charge in [-0.2, -0.15) is 0 Å². The van der Waals surface area contributed by atoms with Crippen LogP contribution in [0.2, 0.25) is 0 Å². The van der Waals surface area contributed by atoms with Gasteiger partial charge in [0.05, 0.1) is 5.38 Å². The Morgan fingerprint density at radius 2 is 2.29 bits per heavy atom. The second kappa shape index (κ2) is 3.24. The molecule has 2 rings (SSSR count). The van der Waals surface area contributed by atoms with Crippen molar-refractivity contribution in [3.8, 4) is 0 Å². The highest BCUT2D eigenvalue weighted by Gasteiger charge is 2.48.